The number of nitro benzene ring substituents is 1. The summed E-state index contributed by atoms with van der Waals surface area (Å²) in [6, 6.07) is 12.6. The average Bonchev–Trinajstić information content (AvgIpc) is 3.13. The fourth-order valence-electron chi connectivity index (χ4n) is 3.55. The van der Waals surface area contributed by atoms with Crippen molar-refractivity contribution in [1.29, 1.82) is 0 Å². The van der Waals surface area contributed by atoms with Crippen LogP contribution in [0.1, 0.15) is 36.8 Å². The number of nitrogens with one attached hydrogen (secondary N) is 1. The van der Waals surface area contributed by atoms with E-state index in [1.807, 2.05) is 30.3 Å². The molecule has 0 aliphatic heterocycles. The Labute approximate surface area is 164 Å². The van der Waals surface area contributed by atoms with Crippen molar-refractivity contribution in [3.05, 3.63) is 63.7 Å². The Morgan fingerprint density at radius 3 is 2.54 bits per heavy atom. The van der Waals surface area contributed by atoms with Gasteiger partial charge in [0.25, 0.3) is 5.69 Å². The molecule has 7 nitrogen and oxygen atoms in total. The minimum Gasteiger partial charge on any atom is -0.493 e. The largest absolute Gasteiger partial charge is 0.493 e. The summed E-state index contributed by atoms with van der Waals surface area (Å²) in [6.07, 6.45) is 3.55. The SMILES string of the molecule is COc1cc(CNCC2(O)CCCC2)c([N+](=O)[O-])cc1OCc1ccccc1. The minimum atomic E-state index is -0.711. The quantitative estimate of drug-likeness (QED) is 0.505. The number of aliphatic hydroxyl groups is 1. The number of hydrogen-bond acceptors (Lipinski definition) is 6. The van der Waals surface area contributed by atoms with E-state index in [0.29, 0.717) is 30.2 Å². The molecule has 0 radical (unpaired) electrons. The third kappa shape index (κ3) is 4.99. The molecule has 0 amide bonds. The Hall–Kier alpha value is -2.64. The average molecular weight is 386 g/mol. The predicted octanol–water partition coefficient (Wildman–Crippen LogP) is 3.58. The first-order valence-corrected chi connectivity index (χ1v) is 9.46. The van der Waals surface area contributed by atoms with Gasteiger partial charge in [-0.15, -0.1) is 0 Å². The van der Waals surface area contributed by atoms with E-state index in [1.54, 1.807) is 6.07 Å². The van der Waals surface area contributed by atoms with Gasteiger partial charge < -0.3 is 19.9 Å². The van der Waals surface area contributed by atoms with Crippen LogP contribution < -0.4 is 14.8 Å². The van der Waals surface area contributed by atoms with Crippen LogP contribution in [-0.2, 0) is 13.2 Å². The minimum absolute atomic E-state index is 0.0326. The van der Waals surface area contributed by atoms with Crippen molar-refractivity contribution in [2.45, 2.75) is 44.4 Å². The first kappa shape index (κ1) is 20.1. The van der Waals surface area contributed by atoms with Crippen LogP contribution in [0, 0.1) is 10.1 Å². The van der Waals surface area contributed by atoms with Crippen LogP contribution in [-0.4, -0.2) is 29.3 Å². The Morgan fingerprint density at radius 1 is 1.18 bits per heavy atom. The number of nitrogens with zero attached hydrogens (tertiary/aromatic N) is 1. The van der Waals surface area contributed by atoms with Crippen LogP contribution in [0.15, 0.2) is 42.5 Å². The van der Waals surface area contributed by atoms with Gasteiger partial charge in [-0.2, -0.15) is 0 Å². The molecule has 3 rings (SSSR count). The van der Waals surface area contributed by atoms with Crippen LogP contribution in [0.5, 0.6) is 11.5 Å². The summed E-state index contributed by atoms with van der Waals surface area (Å²) in [5, 5.41) is 25.1. The lowest BCUT2D eigenvalue weighted by Crippen LogP contribution is -2.37. The van der Waals surface area contributed by atoms with Crippen molar-refractivity contribution in [3.8, 4) is 11.5 Å². The summed E-state index contributed by atoms with van der Waals surface area (Å²) in [6.45, 7) is 0.978. The van der Waals surface area contributed by atoms with Gasteiger partial charge in [-0.3, -0.25) is 10.1 Å². The van der Waals surface area contributed by atoms with Gasteiger partial charge in [0.1, 0.15) is 6.61 Å². The zero-order valence-corrected chi connectivity index (χ0v) is 16.0. The molecule has 1 aliphatic rings. The second kappa shape index (κ2) is 9.03. The zero-order chi connectivity index (χ0) is 20.0. The normalized spacial score (nSPS) is 15.4. The Morgan fingerprint density at radius 2 is 1.89 bits per heavy atom. The van der Waals surface area contributed by atoms with E-state index < -0.39 is 10.5 Å². The molecule has 0 spiro atoms. The molecule has 2 N–H and O–H groups in total. The van der Waals surface area contributed by atoms with Crippen LogP contribution >= 0.6 is 0 Å². The van der Waals surface area contributed by atoms with Gasteiger partial charge in [0.15, 0.2) is 11.5 Å². The highest BCUT2D eigenvalue weighted by Gasteiger charge is 2.30. The van der Waals surface area contributed by atoms with Gasteiger partial charge in [0.05, 0.1) is 23.7 Å². The molecule has 0 bridgehead atoms. The molecule has 0 heterocycles. The third-order valence-corrected chi connectivity index (χ3v) is 5.10. The topological polar surface area (TPSA) is 93.9 Å². The maximum Gasteiger partial charge on any atom is 0.277 e. The highest BCUT2D eigenvalue weighted by Crippen LogP contribution is 2.35. The maximum atomic E-state index is 11.6. The van der Waals surface area contributed by atoms with Crippen molar-refractivity contribution >= 4 is 5.69 Å². The Bertz CT molecular complexity index is 804. The van der Waals surface area contributed by atoms with Crippen molar-refractivity contribution in [3.63, 3.8) is 0 Å². The smallest absolute Gasteiger partial charge is 0.277 e. The molecule has 0 atom stereocenters. The van der Waals surface area contributed by atoms with Crippen LogP contribution in [0.3, 0.4) is 0 Å². The molecular weight excluding hydrogens is 360 g/mol. The summed E-state index contributed by atoms with van der Waals surface area (Å²) < 4.78 is 11.2. The number of benzene rings is 2. The fraction of sp³-hybridized carbons (Fsp3) is 0.429. The Kier molecular flexibility index (Phi) is 6.49. The van der Waals surface area contributed by atoms with E-state index in [0.717, 1.165) is 31.2 Å². The Balaban J connectivity index is 1.73. The van der Waals surface area contributed by atoms with E-state index in [4.69, 9.17) is 9.47 Å². The molecule has 28 heavy (non-hydrogen) atoms. The molecule has 7 heteroatoms. The van der Waals surface area contributed by atoms with Crippen LogP contribution in [0.4, 0.5) is 5.69 Å². The van der Waals surface area contributed by atoms with Gasteiger partial charge in [-0.1, -0.05) is 43.2 Å². The number of hydrogen-bond donors (Lipinski definition) is 2. The molecule has 0 saturated heterocycles. The first-order chi connectivity index (χ1) is 13.5. The molecule has 1 aliphatic carbocycles. The van der Waals surface area contributed by atoms with Crippen molar-refractivity contribution in [2.75, 3.05) is 13.7 Å². The third-order valence-electron chi connectivity index (χ3n) is 5.10. The molecule has 150 valence electrons. The number of ether oxygens (including phenoxy) is 2. The van der Waals surface area contributed by atoms with Crippen molar-refractivity contribution < 1.29 is 19.5 Å². The predicted molar refractivity (Wildman–Crippen MR) is 106 cm³/mol. The van der Waals surface area contributed by atoms with Crippen molar-refractivity contribution in [2.24, 2.45) is 0 Å². The summed E-state index contributed by atoms with van der Waals surface area (Å²) >= 11 is 0. The lowest BCUT2D eigenvalue weighted by molar-refractivity contribution is -0.385. The van der Waals surface area contributed by atoms with Crippen LogP contribution in [0.2, 0.25) is 0 Å². The molecule has 1 fully saturated rings. The summed E-state index contributed by atoms with van der Waals surface area (Å²) in [4.78, 5) is 11.1. The summed E-state index contributed by atoms with van der Waals surface area (Å²) in [7, 11) is 1.51. The van der Waals surface area contributed by atoms with E-state index in [9.17, 15) is 15.2 Å². The highest BCUT2D eigenvalue weighted by atomic mass is 16.6. The molecule has 2 aromatic carbocycles. The van der Waals surface area contributed by atoms with Gasteiger partial charge in [0, 0.05) is 18.7 Å². The standard InChI is InChI=1S/C21H26N2O5/c1-27-19-11-17(13-22-15-21(24)9-5-6-10-21)18(23(25)26)12-20(19)28-14-16-7-3-2-4-8-16/h2-4,7-8,11-12,22,24H,5-6,9-10,13-15H2,1H3. The molecule has 0 aromatic heterocycles. The second-order valence-electron chi connectivity index (χ2n) is 7.20. The van der Waals surface area contributed by atoms with Gasteiger partial charge in [0.2, 0.25) is 0 Å². The van der Waals surface area contributed by atoms with Crippen molar-refractivity contribution in [1.82, 2.24) is 5.32 Å². The van der Waals surface area contributed by atoms with E-state index in [-0.39, 0.29) is 12.2 Å². The summed E-state index contributed by atoms with van der Waals surface area (Å²) in [5.74, 6) is 0.772. The molecule has 0 unspecified atom stereocenters. The molecule has 1 saturated carbocycles. The van der Waals surface area contributed by atoms with Gasteiger partial charge >= 0.3 is 0 Å². The lowest BCUT2D eigenvalue weighted by atomic mass is 10.0. The van der Waals surface area contributed by atoms with E-state index in [2.05, 4.69) is 5.32 Å². The second-order valence-corrected chi connectivity index (χ2v) is 7.20. The molecule has 2 aromatic rings. The fourth-order valence-corrected chi connectivity index (χ4v) is 3.55. The first-order valence-electron chi connectivity index (χ1n) is 9.46. The maximum absolute atomic E-state index is 11.6. The lowest BCUT2D eigenvalue weighted by Gasteiger charge is -2.22. The monoisotopic (exact) mass is 386 g/mol. The number of methoxy groups -OCH3 is 1. The summed E-state index contributed by atoms with van der Waals surface area (Å²) in [5.41, 5.74) is 0.713. The van der Waals surface area contributed by atoms with Crippen LogP contribution in [0.25, 0.3) is 0 Å². The van der Waals surface area contributed by atoms with E-state index in [1.165, 1.54) is 13.2 Å². The highest BCUT2D eigenvalue weighted by molar-refractivity contribution is 5.54. The number of rotatable bonds is 9. The molecular formula is C21H26N2O5. The number of nitro groups is 1. The van der Waals surface area contributed by atoms with E-state index >= 15 is 0 Å². The van der Waals surface area contributed by atoms with Gasteiger partial charge in [-0.05, 0) is 24.5 Å². The van der Waals surface area contributed by atoms with Gasteiger partial charge in [-0.25, -0.2) is 0 Å². The zero-order valence-electron chi connectivity index (χ0n) is 16.0.